The number of halogens is 4. The van der Waals surface area contributed by atoms with Crippen molar-refractivity contribution < 1.29 is 17.6 Å². The number of amidine groups is 1. The Labute approximate surface area is 95.3 Å². The molecule has 94 valence electrons. The average Bonchev–Trinajstić information content (AvgIpc) is 2.14. The molecule has 0 aliphatic rings. The van der Waals surface area contributed by atoms with Crippen LogP contribution >= 0.6 is 0 Å². The Kier molecular flexibility index (Phi) is 3.59. The van der Waals surface area contributed by atoms with Crippen LogP contribution in [0.4, 0.5) is 23.2 Å². The molecule has 1 aromatic rings. The number of nitrogens with two attached hydrogens (primary N) is 1. The molecule has 0 aliphatic heterocycles. The first-order chi connectivity index (χ1) is 7.70. The average molecular weight is 249 g/mol. The van der Waals surface area contributed by atoms with Gasteiger partial charge in [0.2, 0.25) is 0 Å². The highest BCUT2D eigenvalue weighted by Crippen LogP contribution is 2.24. The summed E-state index contributed by atoms with van der Waals surface area (Å²) in [6.45, 7) is -1.20. The summed E-state index contributed by atoms with van der Waals surface area (Å²) >= 11 is 0. The second-order valence-corrected chi connectivity index (χ2v) is 3.55. The number of benzene rings is 1. The molecule has 17 heavy (non-hydrogen) atoms. The van der Waals surface area contributed by atoms with Crippen LogP contribution in [-0.4, -0.2) is 25.6 Å². The van der Waals surface area contributed by atoms with Crippen molar-refractivity contribution >= 4 is 11.5 Å². The fourth-order valence-corrected chi connectivity index (χ4v) is 1.41. The van der Waals surface area contributed by atoms with Gasteiger partial charge in [-0.2, -0.15) is 13.2 Å². The minimum Gasteiger partial charge on any atom is -0.384 e. The van der Waals surface area contributed by atoms with Crippen LogP contribution in [-0.2, 0) is 0 Å². The van der Waals surface area contributed by atoms with Gasteiger partial charge in [0.1, 0.15) is 18.2 Å². The molecule has 0 atom stereocenters. The molecule has 0 aliphatic carbocycles. The predicted molar refractivity (Wildman–Crippen MR) is 56.7 cm³/mol. The van der Waals surface area contributed by atoms with Crippen LogP contribution < -0.4 is 10.6 Å². The number of anilines is 1. The molecule has 0 heterocycles. The van der Waals surface area contributed by atoms with Crippen molar-refractivity contribution in [1.82, 2.24) is 0 Å². The van der Waals surface area contributed by atoms with Crippen LogP contribution in [0.1, 0.15) is 5.56 Å². The number of nitrogens with zero attached hydrogens (tertiary/aromatic N) is 1. The molecule has 3 N–H and O–H groups in total. The molecule has 0 amide bonds. The van der Waals surface area contributed by atoms with E-state index in [0.717, 1.165) is 23.1 Å². The van der Waals surface area contributed by atoms with Crippen molar-refractivity contribution in [2.24, 2.45) is 5.73 Å². The molecule has 0 saturated heterocycles. The molecule has 0 radical (unpaired) electrons. The van der Waals surface area contributed by atoms with E-state index in [2.05, 4.69) is 0 Å². The highest BCUT2D eigenvalue weighted by molar-refractivity contribution is 6.00. The number of nitrogen functional groups attached to an aromatic ring is 1. The van der Waals surface area contributed by atoms with Crippen LogP contribution in [0.5, 0.6) is 0 Å². The molecule has 0 bridgehead atoms. The zero-order valence-electron chi connectivity index (χ0n) is 8.98. The number of nitrogens with one attached hydrogen (secondary N) is 1. The van der Waals surface area contributed by atoms with E-state index in [9.17, 15) is 17.6 Å². The normalized spacial score (nSPS) is 11.4. The smallest absolute Gasteiger partial charge is 0.384 e. The third-order valence-corrected chi connectivity index (χ3v) is 2.08. The molecule has 0 saturated carbocycles. The van der Waals surface area contributed by atoms with Crippen molar-refractivity contribution in [2.45, 2.75) is 6.18 Å². The van der Waals surface area contributed by atoms with Crippen molar-refractivity contribution in [3.8, 4) is 0 Å². The zero-order valence-corrected chi connectivity index (χ0v) is 8.98. The summed E-state index contributed by atoms with van der Waals surface area (Å²) in [5.41, 5.74) is 5.20. The molecular weight excluding hydrogens is 238 g/mol. The van der Waals surface area contributed by atoms with E-state index in [1.54, 1.807) is 0 Å². The summed E-state index contributed by atoms with van der Waals surface area (Å²) < 4.78 is 49.5. The number of rotatable bonds is 3. The van der Waals surface area contributed by atoms with E-state index < -0.39 is 24.4 Å². The van der Waals surface area contributed by atoms with Crippen LogP contribution in [0.3, 0.4) is 0 Å². The second kappa shape index (κ2) is 4.60. The summed E-state index contributed by atoms with van der Waals surface area (Å²) in [6, 6.07) is 3.12. The Balaban J connectivity index is 3.09. The Hall–Kier alpha value is -1.79. The second-order valence-electron chi connectivity index (χ2n) is 3.55. The standard InChI is InChI=1S/C10H11F4N3/c1-17(5-10(12,13)14)8-3-2-6(11)4-7(8)9(15)16/h2-4H,5H2,1H3,(H3,15,16). The molecule has 0 spiro atoms. The fourth-order valence-electron chi connectivity index (χ4n) is 1.41. The molecule has 0 aromatic heterocycles. The number of hydrogen-bond acceptors (Lipinski definition) is 2. The van der Waals surface area contributed by atoms with Gasteiger partial charge in [-0.25, -0.2) is 4.39 Å². The van der Waals surface area contributed by atoms with E-state index in [1.807, 2.05) is 0 Å². The first-order valence-electron chi connectivity index (χ1n) is 4.62. The van der Waals surface area contributed by atoms with Crippen LogP contribution in [0.2, 0.25) is 0 Å². The van der Waals surface area contributed by atoms with Gasteiger partial charge >= 0.3 is 6.18 Å². The predicted octanol–water partition coefficient (Wildman–Crippen LogP) is 2.11. The monoisotopic (exact) mass is 249 g/mol. The van der Waals surface area contributed by atoms with E-state index in [0.29, 0.717) is 0 Å². The Morgan fingerprint density at radius 3 is 2.47 bits per heavy atom. The van der Waals surface area contributed by atoms with Gasteiger partial charge in [0.15, 0.2) is 0 Å². The van der Waals surface area contributed by atoms with Gasteiger partial charge in [0.05, 0.1) is 0 Å². The zero-order chi connectivity index (χ0) is 13.2. The minimum atomic E-state index is -4.38. The molecule has 1 rings (SSSR count). The largest absolute Gasteiger partial charge is 0.405 e. The van der Waals surface area contributed by atoms with E-state index in [4.69, 9.17) is 11.1 Å². The molecule has 3 nitrogen and oxygen atoms in total. The Morgan fingerprint density at radius 2 is 2.00 bits per heavy atom. The van der Waals surface area contributed by atoms with Crippen molar-refractivity contribution in [3.63, 3.8) is 0 Å². The van der Waals surface area contributed by atoms with E-state index in [1.165, 1.54) is 7.05 Å². The van der Waals surface area contributed by atoms with Gasteiger partial charge in [-0.05, 0) is 18.2 Å². The van der Waals surface area contributed by atoms with Crippen molar-refractivity contribution in [1.29, 1.82) is 5.41 Å². The maximum atomic E-state index is 12.9. The van der Waals surface area contributed by atoms with Crippen molar-refractivity contribution in [3.05, 3.63) is 29.6 Å². The van der Waals surface area contributed by atoms with Gasteiger partial charge in [0, 0.05) is 18.3 Å². The lowest BCUT2D eigenvalue weighted by Crippen LogP contribution is -2.32. The summed E-state index contributed by atoms with van der Waals surface area (Å²) in [6.07, 6.45) is -4.38. The molecule has 0 unspecified atom stereocenters. The Morgan fingerprint density at radius 1 is 1.41 bits per heavy atom. The van der Waals surface area contributed by atoms with Crippen molar-refractivity contribution in [2.75, 3.05) is 18.5 Å². The lowest BCUT2D eigenvalue weighted by molar-refractivity contribution is -0.119. The summed E-state index contributed by atoms with van der Waals surface area (Å²) in [5.74, 6) is -1.13. The van der Waals surface area contributed by atoms with Gasteiger partial charge < -0.3 is 10.6 Å². The lowest BCUT2D eigenvalue weighted by atomic mass is 10.1. The lowest BCUT2D eigenvalue weighted by Gasteiger charge is -2.23. The van der Waals surface area contributed by atoms with E-state index in [-0.39, 0.29) is 11.3 Å². The Bertz CT molecular complexity index is 428. The highest BCUT2D eigenvalue weighted by Gasteiger charge is 2.30. The fraction of sp³-hybridized carbons (Fsp3) is 0.300. The first-order valence-corrected chi connectivity index (χ1v) is 4.62. The van der Waals surface area contributed by atoms with Crippen LogP contribution in [0.15, 0.2) is 18.2 Å². The van der Waals surface area contributed by atoms with Gasteiger partial charge in [-0.15, -0.1) is 0 Å². The molecule has 1 aromatic carbocycles. The number of hydrogen-bond donors (Lipinski definition) is 2. The van der Waals surface area contributed by atoms with Gasteiger partial charge in [-0.3, -0.25) is 5.41 Å². The van der Waals surface area contributed by atoms with Gasteiger partial charge in [-0.1, -0.05) is 0 Å². The SMILES string of the molecule is CN(CC(F)(F)F)c1ccc(F)cc1C(=N)N. The summed E-state index contributed by atoms with van der Waals surface area (Å²) in [4.78, 5) is 0.871. The van der Waals surface area contributed by atoms with Crippen LogP contribution in [0.25, 0.3) is 0 Å². The topological polar surface area (TPSA) is 53.1 Å². The quantitative estimate of drug-likeness (QED) is 0.489. The molecule has 7 heteroatoms. The summed E-state index contributed by atoms with van der Waals surface area (Å²) in [5, 5.41) is 7.20. The third kappa shape index (κ3) is 3.61. The minimum absolute atomic E-state index is 0.0586. The summed E-state index contributed by atoms with van der Waals surface area (Å²) in [7, 11) is 1.20. The third-order valence-electron chi connectivity index (χ3n) is 2.08. The number of alkyl halides is 3. The molecule has 0 fully saturated rings. The van der Waals surface area contributed by atoms with Crippen LogP contribution in [0, 0.1) is 11.2 Å². The van der Waals surface area contributed by atoms with Gasteiger partial charge in [0.25, 0.3) is 0 Å². The first kappa shape index (κ1) is 13.3. The maximum Gasteiger partial charge on any atom is 0.405 e. The highest BCUT2D eigenvalue weighted by atomic mass is 19.4. The van der Waals surface area contributed by atoms with E-state index >= 15 is 0 Å². The maximum absolute atomic E-state index is 12.9. The molecular formula is C10H11F4N3.